The summed E-state index contributed by atoms with van der Waals surface area (Å²) in [6.45, 7) is 3.91. The van der Waals surface area contributed by atoms with E-state index in [2.05, 4.69) is 0 Å². The Morgan fingerprint density at radius 1 is 0.818 bits per heavy atom. The van der Waals surface area contributed by atoms with Crippen molar-refractivity contribution in [3.8, 4) is 0 Å². The summed E-state index contributed by atoms with van der Waals surface area (Å²) in [6.07, 6.45) is 1.99. The zero-order valence-electron chi connectivity index (χ0n) is 6.67. The Hall–Kier alpha value is -0.120. The first-order valence-corrected chi connectivity index (χ1v) is 4.21. The van der Waals surface area contributed by atoms with Crippen molar-refractivity contribution >= 4 is 0 Å². The topological polar surface area (TPSA) is 27.7 Å². The molecule has 3 nitrogen and oxygen atoms in total. The van der Waals surface area contributed by atoms with Gasteiger partial charge in [-0.05, 0) is 0 Å². The molecule has 3 heteroatoms. The van der Waals surface area contributed by atoms with Gasteiger partial charge < -0.3 is 14.2 Å². The SMILES string of the molecule is C1CC2(CCO1)COCCO2. The third-order valence-electron chi connectivity index (χ3n) is 2.41. The van der Waals surface area contributed by atoms with Crippen LogP contribution in [0.2, 0.25) is 0 Å². The molecule has 1 spiro atoms. The summed E-state index contributed by atoms with van der Waals surface area (Å²) >= 11 is 0. The molecule has 2 aliphatic rings. The molecule has 2 aliphatic heterocycles. The van der Waals surface area contributed by atoms with Crippen LogP contribution in [0.1, 0.15) is 12.8 Å². The molecule has 0 aromatic carbocycles. The molecule has 0 aromatic heterocycles. The molecule has 0 bridgehead atoms. The van der Waals surface area contributed by atoms with Crippen LogP contribution in [0.4, 0.5) is 0 Å². The Kier molecular flexibility index (Phi) is 2.11. The fourth-order valence-electron chi connectivity index (χ4n) is 1.65. The van der Waals surface area contributed by atoms with Crippen LogP contribution in [-0.4, -0.2) is 38.6 Å². The maximum Gasteiger partial charge on any atom is 0.0959 e. The Bertz CT molecular complexity index is 104. The zero-order chi connectivity index (χ0) is 7.57. The van der Waals surface area contributed by atoms with E-state index in [-0.39, 0.29) is 5.60 Å². The van der Waals surface area contributed by atoms with Crippen molar-refractivity contribution in [1.29, 1.82) is 0 Å². The Labute approximate surface area is 66.6 Å². The van der Waals surface area contributed by atoms with E-state index >= 15 is 0 Å². The summed E-state index contributed by atoms with van der Waals surface area (Å²) in [7, 11) is 0. The number of ether oxygens (including phenoxy) is 3. The smallest absolute Gasteiger partial charge is 0.0959 e. The summed E-state index contributed by atoms with van der Waals surface area (Å²) in [5.41, 5.74) is 0.0104. The van der Waals surface area contributed by atoms with Gasteiger partial charge in [0.05, 0.1) is 25.4 Å². The van der Waals surface area contributed by atoms with E-state index in [9.17, 15) is 0 Å². The summed E-state index contributed by atoms with van der Waals surface area (Å²) < 4.78 is 16.3. The highest BCUT2D eigenvalue weighted by atomic mass is 16.6. The van der Waals surface area contributed by atoms with Gasteiger partial charge in [0.2, 0.25) is 0 Å². The molecular weight excluding hydrogens is 144 g/mol. The first-order chi connectivity index (χ1) is 5.41. The minimum Gasteiger partial charge on any atom is -0.381 e. The maximum absolute atomic E-state index is 5.70. The van der Waals surface area contributed by atoms with E-state index in [0.717, 1.165) is 45.9 Å². The van der Waals surface area contributed by atoms with Gasteiger partial charge in [-0.25, -0.2) is 0 Å². The van der Waals surface area contributed by atoms with Gasteiger partial charge in [0.15, 0.2) is 0 Å². The second-order valence-corrected chi connectivity index (χ2v) is 3.20. The molecule has 64 valence electrons. The molecule has 0 radical (unpaired) electrons. The van der Waals surface area contributed by atoms with Gasteiger partial charge in [0.1, 0.15) is 0 Å². The van der Waals surface area contributed by atoms with Crippen molar-refractivity contribution in [3.63, 3.8) is 0 Å². The van der Waals surface area contributed by atoms with E-state index in [1.165, 1.54) is 0 Å². The molecule has 0 N–H and O–H groups in total. The highest BCUT2D eigenvalue weighted by Crippen LogP contribution is 2.27. The molecule has 2 rings (SSSR count). The summed E-state index contributed by atoms with van der Waals surface area (Å²) in [5.74, 6) is 0. The second-order valence-electron chi connectivity index (χ2n) is 3.20. The van der Waals surface area contributed by atoms with E-state index in [1.807, 2.05) is 0 Å². The van der Waals surface area contributed by atoms with Gasteiger partial charge in [0.25, 0.3) is 0 Å². The van der Waals surface area contributed by atoms with E-state index in [1.54, 1.807) is 0 Å². The molecule has 2 fully saturated rings. The molecule has 0 saturated carbocycles. The largest absolute Gasteiger partial charge is 0.381 e. The number of rotatable bonds is 0. The normalized spacial score (nSPS) is 30.5. The molecule has 0 unspecified atom stereocenters. The van der Waals surface area contributed by atoms with Crippen LogP contribution < -0.4 is 0 Å². The van der Waals surface area contributed by atoms with Crippen molar-refractivity contribution in [3.05, 3.63) is 0 Å². The van der Waals surface area contributed by atoms with Crippen LogP contribution in [0.5, 0.6) is 0 Å². The van der Waals surface area contributed by atoms with Gasteiger partial charge in [-0.3, -0.25) is 0 Å². The molecule has 0 amide bonds. The lowest BCUT2D eigenvalue weighted by molar-refractivity contribution is -0.189. The van der Waals surface area contributed by atoms with Gasteiger partial charge in [-0.2, -0.15) is 0 Å². The highest BCUT2D eigenvalue weighted by Gasteiger charge is 2.35. The monoisotopic (exact) mass is 158 g/mol. The van der Waals surface area contributed by atoms with Crippen LogP contribution in [0, 0.1) is 0 Å². The van der Waals surface area contributed by atoms with Gasteiger partial charge in [-0.15, -0.1) is 0 Å². The lowest BCUT2D eigenvalue weighted by Gasteiger charge is -2.39. The average Bonchev–Trinajstić information content (AvgIpc) is 2.07. The predicted molar refractivity (Wildman–Crippen MR) is 39.6 cm³/mol. The zero-order valence-corrected chi connectivity index (χ0v) is 6.67. The van der Waals surface area contributed by atoms with Crippen molar-refractivity contribution in [2.45, 2.75) is 18.4 Å². The van der Waals surface area contributed by atoms with Gasteiger partial charge >= 0.3 is 0 Å². The van der Waals surface area contributed by atoms with Crippen LogP contribution in [0.3, 0.4) is 0 Å². The van der Waals surface area contributed by atoms with Crippen molar-refractivity contribution in [2.75, 3.05) is 33.0 Å². The summed E-state index contributed by atoms with van der Waals surface area (Å²) in [4.78, 5) is 0. The van der Waals surface area contributed by atoms with Crippen LogP contribution >= 0.6 is 0 Å². The summed E-state index contributed by atoms with van der Waals surface area (Å²) in [6, 6.07) is 0. The van der Waals surface area contributed by atoms with Crippen molar-refractivity contribution < 1.29 is 14.2 Å². The molecule has 2 heterocycles. The summed E-state index contributed by atoms with van der Waals surface area (Å²) in [5, 5.41) is 0. The van der Waals surface area contributed by atoms with E-state index in [0.29, 0.717) is 0 Å². The fourth-order valence-corrected chi connectivity index (χ4v) is 1.65. The van der Waals surface area contributed by atoms with Crippen molar-refractivity contribution in [2.24, 2.45) is 0 Å². The molecule has 0 aliphatic carbocycles. The average molecular weight is 158 g/mol. The molecule has 2 saturated heterocycles. The van der Waals surface area contributed by atoms with E-state index < -0.39 is 0 Å². The fraction of sp³-hybridized carbons (Fsp3) is 1.00. The highest BCUT2D eigenvalue weighted by molar-refractivity contribution is 4.84. The van der Waals surface area contributed by atoms with Crippen molar-refractivity contribution in [1.82, 2.24) is 0 Å². The van der Waals surface area contributed by atoms with Gasteiger partial charge in [-0.1, -0.05) is 0 Å². The Morgan fingerprint density at radius 2 is 1.64 bits per heavy atom. The first kappa shape index (κ1) is 7.53. The second kappa shape index (κ2) is 3.09. The Balaban J connectivity index is 1.94. The third kappa shape index (κ3) is 1.55. The lowest BCUT2D eigenvalue weighted by atomic mass is 9.94. The standard InChI is InChI=1S/C8H14O3/c1-3-9-4-2-8(1)7-10-5-6-11-8/h1-7H2. The molecule has 0 atom stereocenters. The number of hydrogen-bond donors (Lipinski definition) is 0. The lowest BCUT2D eigenvalue weighted by Crippen LogP contribution is -2.47. The molecular formula is C8H14O3. The first-order valence-electron chi connectivity index (χ1n) is 4.21. The molecule has 11 heavy (non-hydrogen) atoms. The quantitative estimate of drug-likeness (QED) is 0.516. The van der Waals surface area contributed by atoms with E-state index in [4.69, 9.17) is 14.2 Å². The maximum atomic E-state index is 5.70. The van der Waals surface area contributed by atoms with Crippen LogP contribution in [0.15, 0.2) is 0 Å². The predicted octanol–water partition coefficient (Wildman–Crippen LogP) is 0.582. The Morgan fingerprint density at radius 3 is 2.27 bits per heavy atom. The third-order valence-corrected chi connectivity index (χ3v) is 2.41. The number of hydrogen-bond acceptors (Lipinski definition) is 3. The minimum atomic E-state index is 0.0104. The minimum absolute atomic E-state index is 0.0104. The van der Waals surface area contributed by atoms with Crippen LogP contribution in [-0.2, 0) is 14.2 Å². The molecule has 0 aromatic rings. The van der Waals surface area contributed by atoms with Gasteiger partial charge in [0, 0.05) is 26.1 Å². The van der Waals surface area contributed by atoms with Crippen LogP contribution in [0.25, 0.3) is 0 Å².